The molecular weight excluding hydrogens is 473 g/mol. The van der Waals surface area contributed by atoms with Gasteiger partial charge in [0.1, 0.15) is 5.54 Å². The molecule has 1 N–H and O–H groups in total. The summed E-state index contributed by atoms with van der Waals surface area (Å²) in [5.74, 6) is 0.343. The lowest BCUT2D eigenvalue weighted by Gasteiger charge is -2.37. The Kier molecular flexibility index (Phi) is 6.30. The zero-order valence-corrected chi connectivity index (χ0v) is 21.5. The summed E-state index contributed by atoms with van der Waals surface area (Å²) in [6.45, 7) is 9.27. The highest BCUT2D eigenvalue weighted by molar-refractivity contribution is 8.17. The van der Waals surface area contributed by atoms with E-state index < -0.39 is 5.54 Å². The first-order valence-electron chi connectivity index (χ1n) is 11.5. The number of nitrogens with zero attached hydrogens (tertiary/aromatic N) is 3. The molecule has 1 saturated heterocycles. The molecule has 5 rings (SSSR count). The maximum absolute atomic E-state index is 10.0. The van der Waals surface area contributed by atoms with E-state index in [1.807, 2.05) is 24.3 Å². The van der Waals surface area contributed by atoms with Gasteiger partial charge in [-0.2, -0.15) is 0 Å². The first-order valence-corrected chi connectivity index (χ1v) is 13.1. The molecule has 3 aliphatic rings. The molecule has 0 aromatic heterocycles. The smallest absolute Gasteiger partial charge is 0.169 e. The molecule has 7 heteroatoms. The second kappa shape index (κ2) is 8.94. The van der Waals surface area contributed by atoms with Crippen molar-refractivity contribution in [2.75, 3.05) is 19.6 Å². The lowest BCUT2D eigenvalue weighted by molar-refractivity contribution is 0.179. The molecule has 0 aliphatic carbocycles. The fourth-order valence-corrected chi connectivity index (χ4v) is 6.98. The topological polar surface area (TPSA) is 39.1 Å². The molecule has 4 nitrogen and oxygen atoms in total. The number of fused-ring (bicyclic) bond motifs is 1. The Morgan fingerprint density at radius 1 is 1.09 bits per heavy atom. The fourth-order valence-electron chi connectivity index (χ4n) is 5.29. The van der Waals surface area contributed by atoms with E-state index in [0.29, 0.717) is 5.92 Å². The summed E-state index contributed by atoms with van der Waals surface area (Å²) in [6.07, 6.45) is 0.633. The molecule has 0 amide bonds. The fraction of sp³-hybridized carbons (Fsp3) is 0.423. The number of benzene rings is 2. The van der Waals surface area contributed by atoms with E-state index in [-0.39, 0.29) is 12.1 Å². The third-order valence-electron chi connectivity index (χ3n) is 6.86. The van der Waals surface area contributed by atoms with E-state index in [1.54, 1.807) is 11.8 Å². The highest BCUT2D eigenvalue weighted by Gasteiger charge is 2.52. The van der Waals surface area contributed by atoms with Crippen molar-refractivity contribution in [1.82, 2.24) is 9.80 Å². The van der Waals surface area contributed by atoms with Gasteiger partial charge in [-0.3, -0.25) is 4.90 Å². The third kappa shape index (κ3) is 4.23. The molecule has 2 aromatic rings. The minimum absolute atomic E-state index is 0.0116. The number of halogens is 2. The molecule has 0 bridgehead atoms. The number of hydrogen-bond acceptors (Lipinski definition) is 5. The van der Waals surface area contributed by atoms with Gasteiger partial charge in [0.2, 0.25) is 0 Å². The minimum atomic E-state index is -0.462. The van der Waals surface area contributed by atoms with Crippen molar-refractivity contribution in [3.05, 3.63) is 80.3 Å². The average molecular weight is 503 g/mol. The quantitative estimate of drug-likeness (QED) is 0.521. The molecular formula is C26H29Cl2N3OS. The maximum atomic E-state index is 10.0. The summed E-state index contributed by atoms with van der Waals surface area (Å²) in [5, 5.41) is 12.5. The number of aliphatic hydroxyl groups is 1. The molecule has 1 fully saturated rings. The Bertz CT molecular complexity index is 1100. The van der Waals surface area contributed by atoms with Gasteiger partial charge in [-0.1, -0.05) is 73.1 Å². The molecule has 0 radical (unpaired) electrons. The number of likely N-dealkylation sites (tertiary alicyclic amines) is 1. The summed E-state index contributed by atoms with van der Waals surface area (Å²) >= 11 is 14.2. The van der Waals surface area contributed by atoms with Crippen molar-refractivity contribution in [3.8, 4) is 0 Å². The number of hydrogen-bond donors (Lipinski definition) is 1. The number of thioether (sulfide) groups is 1. The summed E-state index contributed by atoms with van der Waals surface area (Å²) < 4.78 is 0. The number of aliphatic imine (C=N–C) groups is 1. The van der Waals surface area contributed by atoms with Crippen LogP contribution >= 0.6 is 35.0 Å². The molecule has 0 spiro atoms. The molecule has 2 aromatic carbocycles. The van der Waals surface area contributed by atoms with E-state index in [1.165, 1.54) is 16.2 Å². The van der Waals surface area contributed by atoms with Crippen LogP contribution in [0.15, 0.2) is 64.1 Å². The van der Waals surface area contributed by atoms with Gasteiger partial charge in [-0.25, -0.2) is 4.99 Å². The first-order chi connectivity index (χ1) is 15.8. The van der Waals surface area contributed by atoms with Crippen LogP contribution in [0.5, 0.6) is 0 Å². The minimum Gasteiger partial charge on any atom is -0.392 e. The van der Waals surface area contributed by atoms with Gasteiger partial charge in [0, 0.05) is 40.3 Å². The molecule has 33 heavy (non-hydrogen) atoms. The Labute approximate surface area is 210 Å². The maximum Gasteiger partial charge on any atom is 0.169 e. The van der Waals surface area contributed by atoms with E-state index in [9.17, 15) is 5.11 Å². The number of β-amino-alcohol motifs (C(OH)–C–C–N with tert-alkyl or cyclic N) is 1. The van der Waals surface area contributed by atoms with E-state index >= 15 is 0 Å². The van der Waals surface area contributed by atoms with Crippen molar-refractivity contribution in [3.63, 3.8) is 0 Å². The van der Waals surface area contributed by atoms with Gasteiger partial charge in [-0.05, 0) is 54.7 Å². The van der Waals surface area contributed by atoms with Crippen LogP contribution in [-0.4, -0.2) is 45.8 Å². The lowest BCUT2D eigenvalue weighted by atomic mass is 9.81. The number of aliphatic hydroxyl groups excluding tert-OH is 1. The molecule has 0 saturated carbocycles. The summed E-state index contributed by atoms with van der Waals surface area (Å²) in [5.41, 5.74) is 3.20. The Morgan fingerprint density at radius 2 is 1.73 bits per heavy atom. The van der Waals surface area contributed by atoms with Crippen LogP contribution in [0.2, 0.25) is 10.0 Å². The normalized spacial score (nSPS) is 27.6. The van der Waals surface area contributed by atoms with Crippen LogP contribution in [0.4, 0.5) is 0 Å². The van der Waals surface area contributed by atoms with Gasteiger partial charge in [-0.15, -0.1) is 0 Å². The third-order valence-corrected chi connectivity index (χ3v) is 8.42. The summed E-state index contributed by atoms with van der Waals surface area (Å²) in [7, 11) is 0. The Balaban J connectivity index is 1.59. The number of allylic oxidation sites excluding steroid dienone is 1. The Hall–Kier alpha value is -1.50. The van der Waals surface area contributed by atoms with Crippen molar-refractivity contribution < 1.29 is 5.11 Å². The largest absolute Gasteiger partial charge is 0.392 e. The zero-order valence-electron chi connectivity index (χ0n) is 19.1. The lowest BCUT2D eigenvalue weighted by Crippen LogP contribution is -2.36. The molecule has 3 aliphatic heterocycles. The molecule has 3 heterocycles. The van der Waals surface area contributed by atoms with Crippen LogP contribution in [0, 0.1) is 5.92 Å². The second-order valence-corrected chi connectivity index (χ2v) is 11.6. The van der Waals surface area contributed by atoms with E-state index in [4.69, 9.17) is 28.2 Å². The van der Waals surface area contributed by atoms with E-state index in [2.05, 4.69) is 54.8 Å². The van der Waals surface area contributed by atoms with Crippen molar-refractivity contribution in [2.24, 2.45) is 10.9 Å². The zero-order chi connectivity index (χ0) is 23.3. The van der Waals surface area contributed by atoms with Gasteiger partial charge in [0.15, 0.2) is 5.17 Å². The SMILES string of the molecule is CC(C)C1=C(CN2CC[C@@H](O)C2)SC2=NC(C)(c3ccc(Cl)cc3)C(c3ccc(Cl)cc3)N21. The van der Waals surface area contributed by atoms with Gasteiger partial charge >= 0.3 is 0 Å². The standard InChI is InChI=1S/C26H29Cl2N3OS/c1-16(2)23-22(15-30-13-12-21(32)14-30)33-25-29-26(3,18-6-10-20(28)11-7-18)24(31(23)25)17-4-8-19(27)9-5-17/h4-11,16,21,24,32H,12-15H2,1-3H3/t21-,24?,26?/m1/s1. The molecule has 3 atom stereocenters. The van der Waals surface area contributed by atoms with Crippen LogP contribution in [0.1, 0.15) is 44.4 Å². The van der Waals surface area contributed by atoms with Gasteiger partial charge < -0.3 is 10.0 Å². The van der Waals surface area contributed by atoms with Crippen molar-refractivity contribution >= 4 is 40.1 Å². The van der Waals surface area contributed by atoms with Crippen LogP contribution in [-0.2, 0) is 5.54 Å². The second-order valence-electron chi connectivity index (χ2n) is 9.62. The predicted molar refractivity (Wildman–Crippen MR) is 139 cm³/mol. The predicted octanol–water partition coefficient (Wildman–Crippen LogP) is 6.30. The van der Waals surface area contributed by atoms with Crippen molar-refractivity contribution in [1.29, 1.82) is 0 Å². The van der Waals surface area contributed by atoms with Crippen LogP contribution in [0.25, 0.3) is 0 Å². The van der Waals surface area contributed by atoms with Crippen molar-refractivity contribution in [2.45, 2.75) is 44.9 Å². The molecule has 2 unspecified atom stereocenters. The number of amidine groups is 1. The summed E-state index contributed by atoms with van der Waals surface area (Å²) in [4.78, 5) is 11.5. The number of rotatable bonds is 5. The highest BCUT2D eigenvalue weighted by atomic mass is 35.5. The van der Waals surface area contributed by atoms with Gasteiger partial charge in [0.25, 0.3) is 0 Å². The first kappa shape index (κ1) is 23.3. The van der Waals surface area contributed by atoms with Crippen LogP contribution < -0.4 is 0 Å². The summed E-state index contributed by atoms with van der Waals surface area (Å²) in [6, 6.07) is 16.3. The highest BCUT2D eigenvalue weighted by Crippen LogP contribution is 2.56. The Morgan fingerprint density at radius 3 is 2.30 bits per heavy atom. The molecule has 174 valence electrons. The van der Waals surface area contributed by atoms with Gasteiger partial charge in [0.05, 0.1) is 12.1 Å². The monoisotopic (exact) mass is 501 g/mol. The van der Waals surface area contributed by atoms with Crippen LogP contribution in [0.3, 0.4) is 0 Å². The van der Waals surface area contributed by atoms with E-state index in [0.717, 1.165) is 46.8 Å². The average Bonchev–Trinajstić information content (AvgIpc) is 3.41.